The summed E-state index contributed by atoms with van der Waals surface area (Å²) in [6.07, 6.45) is 1.16. The zero-order valence-corrected chi connectivity index (χ0v) is 8.39. The topological polar surface area (TPSA) is 27.8 Å². The van der Waals surface area contributed by atoms with Crippen molar-refractivity contribution >= 4 is 10.9 Å². The van der Waals surface area contributed by atoms with Gasteiger partial charge in [-0.1, -0.05) is 0 Å². The quantitative estimate of drug-likeness (QED) is 0.733. The number of aromatic amines is 1. The van der Waals surface area contributed by atoms with Crippen LogP contribution in [0.2, 0.25) is 0 Å². The van der Waals surface area contributed by atoms with Gasteiger partial charge in [0.15, 0.2) is 0 Å². The Balaban J connectivity index is 2.05. The molecule has 2 N–H and O–H groups in total. The summed E-state index contributed by atoms with van der Waals surface area (Å²) >= 11 is 0. The zero-order chi connectivity index (χ0) is 10.3. The fourth-order valence-electron chi connectivity index (χ4n) is 2.27. The van der Waals surface area contributed by atoms with Gasteiger partial charge in [0, 0.05) is 29.1 Å². The number of nitrogens with one attached hydrogen (secondary N) is 2. The molecule has 1 saturated heterocycles. The number of aromatic nitrogens is 1. The summed E-state index contributed by atoms with van der Waals surface area (Å²) in [6.45, 7) is 2.10. The molecule has 1 fully saturated rings. The van der Waals surface area contributed by atoms with Gasteiger partial charge in [0.2, 0.25) is 0 Å². The maximum Gasteiger partial charge on any atom is 0.123 e. The number of H-pyrrole nitrogens is 1. The zero-order valence-electron chi connectivity index (χ0n) is 8.39. The highest BCUT2D eigenvalue weighted by Crippen LogP contribution is 2.25. The third-order valence-corrected chi connectivity index (χ3v) is 3.10. The van der Waals surface area contributed by atoms with Crippen LogP contribution in [0.4, 0.5) is 4.39 Å². The van der Waals surface area contributed by atoms with Gasteiger partial charge in [-0.3, -0.25) is 0 Å². The number of hydrogen-bond donors (Lipinski definition) is 2. The molecule has 78 valence electrons. The normalized spacial score (nSPS) is 21.3. The van der Waals surface area contributed by atoms with E-state index in [9.17, 15) is 4.39 Å². The van der Waals surface area contributed by atoms with Crippen molar-refractivity contribution in [2.75, 3.05) is 13.1 Å². The van der Waals surface area contributed by atoms with Gasteiger partial charge in [0.1, 0.15) is 5.82 Å². The molecule has 1 aliphatic rings. The predicted octanol–water partition coefficient (Wildman–Crippen LogP) is 2.38. The summed E-state index contributed by atoms with van der Waals surface area (Å²) < 4.78 is 13.0. The molecule has 3 rings (SSSR count). The van der Waals surface area contributed by atoms with Crippen molar-refractivity contribution in [3.63, 3.8) is 0 Å². The van der Waals surface area contributed by atoms with Gasteiger partial charge >= 0.3 is 0 Å². The highest BCUT2D eigenvalue weighted by atomic mass is 19.1. The molecule has 0 radical (unpaired) electrons. The van der Waals surface area contributed by atoms with Crippen LogP contribution in [0.15, 0.2) is 24.3 Å². The first-order valence-electron chi connectivity index (χ1n) is 5.32. The number of hydrogen-bond acceptors (Lipinski definition) is 1. The average molecular weight is 204 g/mol. The van der Waals surface area contributed by atoms with Gasteiger partial charge in [0.25, 0.3) is 0 Å². The second-order valence-electron chi connectivity index (χ2n) is 4.15. The van der Waals surface area contributed by atoms with Crippen LogP contribution in [0.5, 0.6) is 0 Å². The smallest absolute Gasteiger partial charge is 0.123 e. The van der Waals surface area contributed by atoms with Crippen molar-refractivity contribution in [3.8, 4) is 0 Å². The number of benzene rings is 1. The lowest BCUT2D eigenvalue weighted by Gasteiger charge is -2.03. The molecular weight excluding hydrogens is 191 g/mol. The van der Waals surface area contributed by atoms with Crippen molar-refractivity contribution in [3.05, 3.63) is 35.8 Å². The number of rotatable bonds is 1. The van der Waals surface area contributed by atoms with Crippen molar-refractivity contribution < 1.29 is 4.39 Å². The molecule has 1 aliphatic heterocycles. The van der Waals surface area contributed by atoms with Gasteiger partial charge in [-0.25, -0.2) is 4.39 Å². The Morgan fingerprint density at radius 2 is 2.20 bits per heavy atom. The lowest BCUT2D eigenvalue weighted by Crippen LogP contribution is -2.07. The molecule has 0 aliphatic carbocycles. The maximum absolute atomic E-state index is 13.0. The molecule has 0 amide bonds. The first-order valence-corrected chi connectivity index (χ1v) is 5.32. The molecule has 2 nitrogen and oxygen atoms in total. The first-order chi connectivity index (χ1) is 7.33. The van der Waals surface area contributed by atoms with Crippen LogP contribution >= 0.6 is 0 Å². The molecular formula is C12H13FN2. The third kappa shape index (κ3) is 1.53. The van der Waals surface area contributed by atoms with Gasteiger partial charge in [-0.15, -0.1) is 0 Å². The Kier molecular flexibility index (Phi) is 1.99. The van der Waals surface area contributed by atoms with Gasteiger partial charge < -0.3 is 10.3 Å². The molecule has 0 bridgehead atoms. The summed E-state index contributed by atoms with van der Waals surface area (Å²) in [7, 11) is 0. The highest BCUT2D eigenvalue weighted by Gasteiger charge is 2.18. The number of halogens is 1. The van der Waals surface area contributed by atoms with E-state index in [-0.39, 0.29) is 5.82 Å². The molecule has 0 unspecified atom stereocenters. The summed E-state index contributed by atoms with van der Waals surface area (Å²) in [5, 5.41) is 4.30. The molecule has 15 heavy (non-hydrogen) atoms. The van der Waals surface area contributed by atoms with E-state index in [2.05, 4.69) is 16.4 Å². The van der Waals surface area contributed by atoms with Gasteiger partial charge in [-0.2, -0.15) is 0 Å². The van der Waals surface area contributed by atoms with Crippen molar-refractivity contribution in [2.24, 2.45) is 0 Å². The van der Waals surface area contributed by atoms with Crippen LogP contribution in [0, 0.1) is 5.82 Å². The third-order valence-electron chi connectivity index (χ3n) is 3.10. The molecule has 3 heteroatoms. The summed E-state index contributed by atoms with van der Waals surface area (Å²) in [5.41, 5.74) is 2.25. The molecule has 2 aromatic rings. The standard InChI is InChI=1S/C12H13FN2/c13-10-1-2-11-9(5-10)6-12(15-11)8-3-4-14-7-8/h1-2,5-6,8,14-15H,3-4,7H2/t8-/m1/s1. The van der Waals surface area contributed by atoms with E-state index in [1.165, 1.54) is 11.8 Å². The molecule has 0 saturated carbocycles. The minimum Gasteiger partial charge on any atom is -0.358 e. The first kappa shape index (κ1) is 8.92. The van der Waals surface area contributed by atoms with Crippen molar-refractivity contribution in [1.82, 2.24) is 10.3 Å². The van der Waals surface area contributed by atoms with Gasteiger partial charge in [-0.05, 0) is 37.2 Å². The fourth-order valence-corrected chi connectivity index (χ4v) is 2.27. The second kappa shape index (κ2) is 3.35. The lowest BCUT2D eigenvalue weighted by atomic mass is 10.1. The predicted molar refractivity (Wildman–Crippen MR) is 58.5 cm³/mol. The Hall–Kier alpha value is -1.35. The Labute approximate surface area is 87.5 Å². The maximum atomic E-state index is 13.0. The average Bonchev–Trinajstić information content (AvgIpc) is 2.84. The van der Waals surface area contributed by atoms with E-state index in [1.807, 2.05) is 0 Å². The van der Waals surface area contributed by atoms with Crippen molar-refractivity contribution in [1.29, 1.82) is 0 Å². The van der Waals surface area contributed by atoms with Gasteiger partial charge in [0.05, 0.1) is 0 Å². The molecule has 2 heterocycles. The summed E-state index contributed by atoms with van der Waals surface area (Å²) in [6, 6.07) is 6.94. The minimum absolute atomic E-state index is 0.169. The van der Waals surface area contributed by atoms with Crippen LogP contribution in [-0.4, -0.2) is 18.1 Å². The monoisotopic (exact) mass is 204 g/mol. The Morgan fingerprint density at radius 1 is 1.27 bits per heavy atom. The van der Waals surface area contributed by atoms with E-state index in [4.69, 9.17) is 0 Å². The van der Waals surface area contributed by atoms with E-state index < -0.39 is 0 Å². The van der Waals surface area contributed by atoms with Crippen LogP contribution in [-0.2, 0) is 0 Å². The van der Waals surface area contributed by atoms with E-state index in [0.717, 1.165) is 30.4 Å². The van der Waals surface area contributed by atoms with Crippen LogP contribution in [0.25, 0.3) is 10.9 Å². The van der Waals surface area contributed by atoms with Crippen LogP contribution < -0.4 is 5.32 Å². The number of fused-ring (bicyclic) bond motifs is 1. The van der Waals surface area contributed by atoms with Crippen LogP contribution in [0.1, 0.15) is 18.0 Å². The summed E-state index contributed by atoms with van der Waals surface area (Å²) in [4.78, 5) is 3.36. The highest BCUT2D eigenvalue weighted by molar-refractivity contribution is 5.80. The SMILES string of the molecule is Fc1ccc2[nH]c([C@@H]3CCNC3)cc2c1. The molecule has 0 spiro atoms. The Bertz CT molecular complexity index is 483. The molecule has 1 aromatic heterocycles. The largest absolute Gasteiger partial charge is 0.358 e. The molecule has 1 atom stereocenters. The van der Waals surface area contributed by atoms with E-state index >= 15 is 0 Å². The fraction of sp³-hybridized carbons (Fsp3) is 0.333. The minimum atomic E-state index is -0.169. The lowest BCUT2D eigenvalue weighted by molar-refractivity contribution is 0.630. The van der Waals surface area contributed by atoms with E-state index in [1.54, 1.807) is 12.1 Å². The summed E-state index contributed by atoms with van der Waals surface area (Å²) in [5.74, 6) is 0.387. The van der Waals surface area contributed by atoms with Crippen LogP contribution in [0.3, 0.4) is 0 Å². The Morgan fingerprint density at radius 3 is 3.00 bits per heavy atom. The van der Waals surface area contributed by atoms with Crippen molar-refractivity contribution in [2.45, 2.75) is 12.3 Å². The van der Waals surface area contributed by atoms with E-state index in [0.29, 0.717) is 5.92 Å². The molecule has 1 aromatic carbocycles. The second-order valence-corrected chi connectivity index (χ2v) is 4.15.